The van der Waals surface area contributed by atoms with Gasteiger partial charge < -0.3 is 5.73 Å². The Kier molecular flexibility index (Phi) is 2.01. The fourth-order valence-electron chi connectivity index (χ4n) is 1.66. The zero-order valence-electron chi connectivity index (χ0n) is 8.57. The minimum Gasteiger partial charge on any atom is -0.396 e. The van der Waals surface area contributed by atoms with Crippen molar-refractivity contribution < 1.29 is 0 Å². The Morgan fingerprint density at radius 3 is 2.67 bits per heavy atom. The summed E-state index contributed by atoms with van der Waals surface area (Å²) in [6, 6.07) is 5.87. The largest absolute Gasteiger partial charge is 0.396 e. The molecule has 2 N–H and O–H groups in total. The molecule has 0 spiro atoms. The number of benzene rings is 1. The second kappa shape index (κ2) is 3.21. The summed E-state index contributed by atoms with van der Waals surface area (Å²) in [6.07, 6.45) is 0. The summed E-state index contributed by atoms with van der Waals surface area (Å²) in [5.41, 5.74) is 9.32. The maximum absolute atomic E-state index is 8.78. The van der Waals surface area contributed by atoms with E-state index in [4.69, 9.17) is 11.0 Å². The predicted octanol–water partition coefficient (Wildman–Crippen LogP) is 1.70. The van der Waals surface area contributed by atoms with Crippen LogP contribution in [0.25, 0.3) is 10.9 Å². The van der Waals surface area contributed by atoms with Gasteiger partial charge in [-0.1, -0.05) is 11.6 Å². The van der Waals surface area contributed by atoms with Gasteiger partial charge in [-0.05, 0) is 25.5 Å². The van der Waals surface area contributed by atoms with E-state index in [2.05, 4.69) is 10.2 Å². The van der Waals surface area contributed by atoms with Crippen molar-refractivity contribution >= 4 is 16.6 Å². The van der Waals surface area contributed by atoms with Gasteiger partial charge in [0.2, 0.25) is 0 Å². The number of nitrogen functional groups attached to an aromatic ring is 1. The highest BCUT2D eigenvalue weighted by Gasteiger charge is 2.08. The van der Waals surface area contributed by atoms with Crippen molar-refractivity contribution in [2.75, 3.05) is 5.73 Å². The van der Waals surface area contributed by atoms with Crippen LogP contribution in [0.15, 0.2) is 12.1 Å². The van der Waals surface area contributed by atoms with Crippen molar-refractivity contribution in [3.05, 3.63) is 29.0 Å². The van der Waals surface area contributed by atoms with E-state index in [-0.39, 0.29) is 5.69 Å². The fraction of sp³-hybridized carbons (Fsp3) is 0.182. The molecule has 0 aliphatic heterocycles. The average molecular weight is 198 g/mol. The summed E-state index contributed by atoms with van der Waals surface area (Å²) < 4.78 is 0. The zero-order chi connectivity index (χ0) is 11.0. The van der Waals surface area contributed by atoms with Crippen LogP contribution in [0, 0.1) is 25.2 Å². The summed E-state index contributed by atoms with van der Waals surface area (Å²) in [6.45, 7) is 3.94. The third-order valence-electron chi connectivity index (χ3n) is 2.35. The number of hydrogen-bond donors (Lipinski definition) is 1. The fourth-order valence-corrected chi connectivity index (χ4v) is 1.66. The Hall–Kier alpha value is -2.15. The normalized spacial score (nSPS) is 10.2. The maximum atomic E-state index is 8.78. The van der Waals surface area contributed by atoms with Crippen LogP contribution in [0.1, 0.15) is 16.8 Å². The molecule has 0 bridgehead atoms. The molecule has 1 heterocycles. The number of aryl methyl sites for hydroxylation is 2. The van der Waals surface area contributed by atoms with E-state index in [0.29, 0.717) is 5.69 Å². The molecular formula is C11H10N4. The van der Waals surface area contributed by atoms with Gasteiger partial charge in [0.15, 0.2) is 5.69 Å². The summed E-state index contributed by atoms with van der Waals surface area (Å²) in [5, 5.41) is 17.4. The van der Waals surface area contributed by atoms with Gasteiger partial charge in [-0.3, -0.25) is 0 Å². The van der Waals surface area contributed by atoms with Gasteiger partial charge in [0.05, 0.1) is 11.2 Å². The molecule has 0 unspecified atom stereocenters. The van der Waals surface area contributed by atoms with E-state index in [0.717, 1.165) is 22.0 Å². The quantitative estimate of drug-likeness (QED) is 0.699. The average Bonchev–Trinajstić information content (AvgIpc) is 2.19. The van der Waals surface area contributed by atoms with Gasteiger partial charge in [-0.15, -0.1) is 10.2 Å². The summed E-state index contributed by atoms with van der Waals surface area (Å²) >= 11 is 0. The Morgan fingerprint density at radius 1 is 1.27 bits per heavy atom. The molecule has 15 heavy (non-hydrogen) atoms. The highest BCUT2D eigenvalue weighted by molar-refractivity contribution is 5.93. The summed E-state index contributed by atoms with van der Waals surface area (Å²) in [5.74, 6) is 0. The van der Waals surface area contributed by atoms with E-state index in [1.54, 1.807) is 0 Å². The van der Waals surface area contributed by atoms with Crippen LogP contribution in [0.2, 0.25) is 0 Å². The molecule has 0 fully saturated rings. The molecule has 0 aliphatic carbocycles. The molecule has 0 radical (unpaired) electrons. The smallest absolute Gasteiger partial charge is 0.186 e. The number of nitrogens with two attached hydrogens (primary N) is 1. The van der Waals surface area contributed by atoms with E-state index in [9.17, 15) is 0 Å². The van der Waals surface area contributed by atoms with Crippen molar-refractivity contribution in [2.24, 2.45) is 0 Å². The predicted molar refractivity (Wildman–Crippen MR) is 58.1 cm³/mol. The monoisotopic (exact) mass is 198 g/mol. The highest BCUT2D eigenvalue weighted by Crippen LogP contribution is 2.24. The Bertz CT molecular complexity index is 581. The third-order valence-corrected chi connectivity index (χ3v) is 2.35. The molecule has 0 aliphatic rings. The first-order valence-electron chi connectivity index (χ1n) is 4.56. The van der Waals surface area contributed by atoms with Gasteiger partial charge in [0, 0.05) is 5.39 Å². The highest BCUT2D eigenvalue weighted by atomic mass is 15.1. The first-order chi connectivity index (χ1) is 7.13. The molecule has 1 aromatic heterocycles. The van der Waals surface area contributed by atoms with Crippen LogP contribution in [0.5, 0.6) is 0 Å². The number of fused-ring (bicyclic) bond motifs is 1. The lowest BCUT2D eigenvalue weighted by Crippen LogP contribution is -1.99. The van der Waals surface area contributed by atoms with Gasteiger partial charge in [-0.25, -0.2) is 0 Å². The minimum atomic E-state index is 0.188. The summed E-state index contributed by atoms with van der Waals surface area (Å²) in [7, 11) is 0. The molecule has 4 heteroatoms. The standard InChI is InChI=1S/C11H10N4/c1-6-3-7(2)11-8(4-6)10(13)9(5-12)14-15-11/h3-4H,1-2H3,(H2,13,15). The van der Waals surface area contributed by atoms with E-state index < -0.39 is 0 Å². The number of anilines is 1. The molecule has 2 rings (SSSR count). The number of nitrogens with zero attached hydrogens (tertiary/aromatic N) is 3. The van der Waals surface area contributed by atoms with E-state index in [1.807, 2.05) is 32.0 Å². The molecule has 1 aromatic carbocycles. The van der Waals surface area contributed by atoms with E-state index >= 15 is 0 Å². The molecule has 0 saturated carbocycles. The van der Waals surface area contributed by atoms with Crippen LogP contribution in [0.3, 0.4) is 0 Å². The molecule has 74 valence electrons. The molecular weight excluding hydrogens is 188 g/mol. The molecule has 0 saturated heterocycles. The Balaban J connectivity index is 2.94. The third kappa shape index (κ3) is 1.38. The lowest BCUT2D eigenvalue weighted by atomic mass is 10.1. The summed E-state index contributed by atoms with van der Waals surface area (Å²) in [4.78, 5) is 0. The van der Waals surface area contributed by atoms with Crippen molar-refractivity contribution in [1.82, 2.24) is 10.2 Å². The van der Waals surface area contributed by atoms with Gasteiger partial charge in [-0.2, -0.15) is 5.26 Å². The lowest BCUT2D eigenvalue weighted by Gasteiger charge is -2.05. The zero-order valence-corrected chi connectivity index (χ0v) is 8.57. The molecule has 2 aromatic rings. The van der Waals surface area contributed by atoms with Crippen molar-refractivity contribution in [2.45, 2.75) is 13.8 Å². The number of aromatic nitrogens is 2. The van der Waals surface area contributed by atoms with Crippen LogP contribution >= 0.6 is 0 Å². The molecule has 4 nitrogen and oxygen atoms in total. The van der Waals surface area contributed by atoms with Crippen LogP contribution in [-0.2, 0) is 0 Å². The number of nitriles is 1. The molecule has 0 amide bonds. The molecule has 0 atom stereocenters. The maximum Gasteiger partial charge on any atom is 0.186 e. The van der Waals surface area contributed by atoms with Gasteiger partial charge >= 0.3 is 0 Å². The lowest BCUT2D eigenvalue weighted by molar-refractivity contribution is 1.05. The topological polar surface area (TPSA) is 75.6 Å². The van der Waals surface area contributed by atoms with Crippen LogP contribution in [-0.4, -0.2) is 10.2 Å². The van der Waals surface area contributed by atoms with E-state index in [1.165, 1.54) is 0 Å². The van der Waals surface area contributed by atoms with Crippen molar-refractivity contribution in [1.29, 1.82) is 5.26 Å². The van der Waals surface area contributed by atoms with Crippen molar-refractivity contribution in [3.63, 3.8) is 0 Å². The van der Waals surface area contributed by atoms with Gasteiger partial charge in [0.25, 0.3) is 0 Å². The first kappa shape index (κ1) is 9.41. The van der Waals surface area contributed by atoms with Crippen molar-refractivity contribution in [3.8, 4) is 6.07 Å². The Labute approximate surface area is 87.3 Å². The first-order valence-corrected chi connectivity index (χ1v) is 4.56. The number of rotatable bonds is 0. The van der Waals surface area contributed by atoms with Crippen LogP contribution in [0.4, 0.5) is 5.69 Å². The second-order valence-electron chi connectivity index (χ2n) is 3.55. The number of hydrogen-bond acceptors (Lipinski definition) is 4. The van der Waals surface area contributed by atoms with Crippen LogP contribution < -0.4 is 5.73 Å². The minimum absolute atomic E-state index is 0.188. The van der Waals surface area contributed by atoms with Gasteiger partial charge in [0.1, 0.15) is 6.07 Å². The SMILES string of the molecule is Cc1cc(C)c2nnc(C#N)c(N)c2c1. The Morgan fingerprint density at radius 2 is 2.00 bits per heavy atom. The second-order valence-corrected chi connectivity index (χ2v) is 3.55.